The molecule has 2 fully saturated rings. The van der Waals surface area contributed by atoms with Crippen molar-refractivity contribution in [2.45, 2.75) is 50.8 Å². The van der Waals surface area contributed by atoms with Crippen LogP contribution in [-0.2, 0) is 15.7 Å². The lowest BCUT2D eigenvalue weighted by molar-refractivity contribution is -0.141. The van der Waals surface area contributed by atoms with Gasteiger partial charge in [-0.1, -0.05) is 23.7 Å². The molecule has 1 aromatic carbocycles. The number of fused-ring (bicyclic) bond motifs is 4. The molecule has 0 aliphatic carbocycles. The van der Waals surface area contributed by atoms with Gasteiger partial charge in [-0.2, -0.15) is 13.2 Å². The summed E-state index contributed by atoms with van der Waals surface area (Å²) in [5.41, 5.74) is 0.625. The molecule has 2 bridgehead atoms. The number of alkyl halides is 3. The number of halogens is 4. The number of ether oxygens (including phenoxy) is 3. The molecular formula is C29H29ClF3N5O4. The Morgan fingerprint density at radius 1 is 1.24 bits per heavy atom. The van der Waals surface area contributed by atoms with E-state index in [9.17, 15) is 18.0 Å². The topological polar surface area (TPSA) is 89.1 Å². The van der Waals surface area contributed by atoms with Gasteiger partial charge in [0.05, 0.1) is 52.7 Å². The fourth-order valence-electron chi connectivity index (χ4n) is 5.53. The molecule has 0 unspecified atom stereocenters. The number of pyridine rings is 2. The lowest BCUT2D eigenvalue weighted by Gasteiger charge is -2.46. The molecule has 2 amide bonds. The Balaban J connectivity index is 1.27. The van der Waals surface area contributed by atoms with Gasteiger partial charge in [-0.15, -0.1) is 0 Å². The first kappa shape index (κ1) is 28.5. The second-order valence-corrected chi connectivity index (χ2v) is 11.4. The van der Waals surface area contributed by atoms with Crippen LogP contribution in [-0.4, -0.2) is 60.2 Å². The first-order valence-corrected chi connectivity index (χ1v) is 14.0. The van der Waals surface area contributed by atoms with Crippen LogP contribution in [0.3, 0.4) is 0 Å². The molecule has 2 aromatic heterocycles. The molecule has 9 nitrogen and oxygen atoms in total. The summed E-state index contributed by atoms with van der Waals surface area (Å²) in [4.78, 5) is 26.3. The standard InChI is InChI=1S/C29H29ClF3N5O4/c1-28(2)41-16-22(42-28)15-40-21-10-19(12-34-13-21)35-27(39)38-20-7-4-8-37(14-20)24-11-23(30)25(36-26(24)38)17-5-3-6-18(9-17)29(31,32)33/h3,5-6,9-13,20,22H,4,7-8,14-16H2,1-2H3,(H,35,39)/t20-,22+/m0/s1. The number of rotatable bonds is 5. The number of hydrogen-bond donors (Lipinski definition) is 1. The number of urea groups is 1. The Morgan fingerprint density at radius 2 is 2.07 bits per heavy atom. The van der Waals surface area contributed by atoms with Gasteiger partial charge in [-0.25, -0.2) is 9.78 Å². The zero-order chi connectivity index (χ0) is 29.6. The molecule has 0 saturated carbocycles. The van der Waals surface area contributed by atoms with Crippen molar-refractivity contribution in [2.75, 3.05) is 41.4 Å². The first-order valence-electron chi connectivity index (χ1n) is 13.6. The molecule has 3 aliphatic rings. The summed E-state index contributed by atoms with van der Waals surface area (Å²) in [6, 6.07) is 7.53. The smallest absolute Gasteiger partial charge is 0.416 e. The molecule has 0 spiro atoms. The highest BCUT2D eigenvalue weighted by molar-refractivity contribution is 6.33. The highest BCUT2D eigenvalue weighted by Crippen LogP contribution is 2.43. The van der Waals surface area contributed by atoms with E-state index >= 15 is 0 Å². The number of nitrogens with one attached hydrogen (secondary N) is 1. The van der Waals surface area contributed by atoms with Crippen LogP contribution in [0.5, 0.6) is 5.75 Å². The van der Waals surface area contributed by atoms with E-state index in [1.807, 2.05) is 13.8 Å². The van der Waals surface area contributed by atoms with E-state index in [1.54, 1.807) is 17.0 Å². The van der Waals surface area contributed by atoms with E-state index in [-0.39, 0.29) is 35.0 Å². The minimum atomic E-state index is -4.52. The van der Waals surface area contributed by atoms with Crippen molar-refractivity contribution >= 4 is 34.8 Å². The predicted octanol–water partition coefficient (Wildman–Crippen LogP) is 6.37. The van der Waals surface area contributed by atoms with E-state index in [0.29, 0.717) is 36.1 Å². The number of aromatic nitrogens is 2. The molecule has 6 rings (SSSR count). The van der Waals surface area contributed by atoms with Gasteiger partial charge in [-0.05, 0) is 44.9 Å². The van der Waals surface area contributed by atoms with Crippen molar-refractivity contribution in [1.82, 2.24) is 9.97 Å². The van der Waals surface area contributed by atoms with Gasteiger partial charge in [-0.3, -0.25) is 9.88 Å². The maximum absolute atomic E-state index is 13.8. The summed E-state index contributed by atoms with van der Waals surface area (Å²) in [5.74, 6) is 0.114. The summed E-state index contributed by atoms with van der Waals surface area (Å²) >= 11 is 6.58. The summed E-state index contributed by atoms with van der Waals surface area (Å²) in [6.45, 7) is 5.67. The van der Waals surface area contributed by atoms with Crippen molar-refractivity contribution in [2.24, 2.45) is 0 Å². The minimum absolute atomic E-state index is 0.166. The highest BCUT2D eigenvalue weighted by atomic mass is 35.5. The maximum Gasteiger partial charge on any atom is 0.416 e. The van der Waals surface area contributed by atoms with Crippen molar-refractivity contribution in [1.29, 1.82) is 0 Å². The zero-order valence-electron chi connectivity index (χ0n) is 22.9. The first-order chi connectivity index (χ1) is 20.0. The Labute approximate surface area is 245 Å². The summed E-state index contributed by atoms with van der Waals surface area (Å²) in [7, 11) is 0. The average molecular weight is 604 g/mol. The van der Waals surface area contributed by atoms with Gasteiger partial charge < -0.3 is 24.4 Å². The van der Waals surface area contributed by atoms with Crippen molar-refractivity contribution in [3.05, 3.63) is 59.4 Å². The van der Waals surface area contributed by atoms with E-state index in [0.717, 1.165) is 31.5 Å². The van der Waals surface area contributed by atoms with Crippen LogP contribution in [0.1, 0.15) is 32.3 Å². The third kappa shape index (κ3) is 5.83. The monoisotopic (exact) mass is 603 g/mol. The number of amides is 2. The van der Waals surface area contributed by atoms with E-state index in [2.05, 4.69) is 15.2 Å². The van der Waals surface area contributed by atoms with Crippen LogP contribution >= 0.6 is 11.6 Å². The lowest BCUT2D eigenvalue weighted by atomic mass is 9.99. The van der Waals surface area contributed by atoms with E-state index in [1.165, 1.54) is 24.5 Å². The molecule has 0 radical (unpaired) electrons. The minimum Gasteiger partial charge on any atom is -0.489 e. The number of benzene rings is 1. The molecule has 222 valence electrons. The second kappa shape index (κ2) is 10.9. The van der Waals surface area contributed by atoms with Crippen LogP contribution in [0.15, 0.2) is 48.8 Å². The van der Waals surface area contributed by atoms with Gasteiger partial charge >= 0.3 is 12.2 Å². The Morgan fingerprint density at radius 3 is 2.83 bits per heavy atom. The van der Waals surface area contributed by atoms with Crippen LogP contribution < -0.4 is 19.9 Å². The third-order valence-corrected chi connectivity index (χ3v) is 7.70. The van der Waals surface area contributed by atoms with Crippen molar-refractivity contribution < 1.29 is 32.2 Å². The van der Waals surface area contributed by atoms with Crippen molar-refractivity contribution in [3.8, 4) is 17.0 Å². The zero-order valence-corrected chi connectivity index (χ0v) is 23.7. The number of anilines is 3. The SMILES string of the molecule is CC1(C)OC[C@@H](COc2cncc(NC(=O)N3c4nc(-c5cccc(C(F)(F)F)c5)c(Cl)cc4N4CCC[C@H]3C4)c2)O1. The van der Waals surface area contributed by atoms with Gasteiger partial charge in [0.15, 0.2) is 11.6 Å². The molecule has 2 atom stereocenters. The predicted molar refractivity (Wildman–Crippen MR) is 151 cm³/mol. The Kier molecular flexibility index (Phi) is 7.40. The largest absolute Gasteiger partial charge is 0.489 e. The van der Waals surface area contributed by atoms with Crippen LogP contribution in [0.4, 0.5) is 35.2 Å². The number of piperidine rings is 1. The number of hydrogen-bond acceptors (Lipinski definition) is 7. The van der Waals surface area contributed by atoms with Crippen LogP contribution in [0.25, 0.3) is 11.3 Å². The molecule has 3 aliphatic heterocycles. The van der Waals surface area contributed by atoms with Crippen LogP contribution in [0, 0.1) is 0 Å². The maximum atomic E-state index is 13.8. The summed E-state index contributed by atoms with van der Waals surface area (Å²) in [5, 5.41) is 3.09. The molecule has 13 heteroatoms. The van der Waals surface area contributed by atoms with Gasteiger partial charge in [0, 0.05) is 24.7 Å². The van der Waals surface area contributed by atoms with Gasteiger partial charge in [0.25, 0.3) is 0 Å². The molecule has 42 heavy (non-hydrogen) atoms. The number of carbonyl (C=O) groups excluding carboxylic acids is 1. The van der Waals surface area contributed by atoms with E-state index in [4.69, 9.17) is 30.8 Å². The van der Waals surface area contributed by atoms with E-state index < -0.39 is 23.6 Å². The number of carbonyl (C=O) groups is 1. The molecule has 3 aromatic rings. The Bertz CT molecular complexity index is 1500. The van der Waals surface area contributed by atoms with Gasteiger partial charge in [0.1, 0.15) is 18.5 Å². The second-order valence-electron chi connectivity index (χ2n) is 11.0. The quantitative estimate of drug-likeness (QED) is 0.363. The average Bonchev–Trinajstić information content (AvgIpc) is 3.30. The fourth-order valence-corrected chi connectivity index (χ4v) is 5.78. The normalized spacial score (nSPS) is 21.2. The third-order valence-electron chi connectivity index (χ3n) is 7.42. The Hall–Kier alpha value is -3.61. The molecule has 2 saturated heterocycles. The summed E-state index contributed by atoms with van der Waals surface area (Å²) in [6.07, 6.45) is -0.113. The molecule has 1 N–H and O–H groups in total. The molecule has 5 heterocycles. The number of nitrogens with zero attached hydrogens (tertiary/aromatic N) is 4. The van der Waals surface area contributed by atoms with Crippen molar-refractivity contribution in [3.63, 3.8) is 0 Å². The highest BCUT2D eigenvalue weighted by Gasteiger charge is 2.39. The molecular weight excluding hydrogens is 575 g/mol. The van der Waals surface area contributed by atoms with Gasteiger partial charge in [0.2, 0.25) is 0 Å². The van der Waals surface area contributed by atoms with Crippen LogP contribution in [0.2, 0.25) is 5.02 Å². The fraction of sp³-hybridized carbons (Fsp3) is 0.414. The lowest BCUT2D eigenvalue weighted by Crippen LogP contribution is -2.56. The summed E-state index contributed by atoms with van der Waals surface area (Å²) < 4.78 is 57.5.